The third-order valence-corrected chi connectivity index (χ3v) is 3.68. The van der Waals surface area contributed by atoms with Crippen molar-refractivity contribution >= 4 is 40.5 Å². The van der Waals surface area contributed by atoms with Gasteiger partial charge in [0.15, 0.2) is 0 Å². The van der Waals surface area contributed by atoms with Crippen LogP contribution in [0.3, 0.4) is 0 Å². The zero-order valence-electron chi connectivity index (χ0n) is 13.5. The van der Waals surface area contributed by atoms with Crippen LogP contribution in [0.4, 0.5) is 5.69 Å². The fourth-order valence-electron chi connectivity index (χ4n) is 2.43. The Kier molecular flexibility index (Phi) is 4.65. The summed E-state index contributed by atoms with van der Waals surface area (Å²) in [5.74, 6) is -1.79. The highest BCUT2D eigenvalue weighted by atomic mass is 16.2. The van der Waals surface area contributed by atoms with Crippen LogP contribution in [0.15, 0.2) is 47.5 Å². The molecule has 2 N–H and O–H groups in total. The van der Waals surface area contributed by atoms with Crippen molar-refractivity contribution in [3.63, 3.8) is 0 Å². The molecule has 1 atom stereocenters. The van der Waals surface area contributed by atoms with Gasteiger partial charge in [-0.1, -0.05) is 12.1 Å². The highest BCUT2D eigenvalue weighted by molar-refractivity contribution is 6.07. The number of carbonyl (C=O) groups excluding carboxylic acids is 3. The zero-order chi connectivity index (χ0) is 17.8. The van der Waals surface area contributed by atoms with Crippen LogP contribution in [0, 0.1) is 12.8 Å². The summed E-state index contributed by atoms with van der Waals surface area (Å²) in [6, 6.07) is 9.22. The summed E-state index contributed by atoms with van der Waals surface area (Å²) in [6.07, 6.45) is 3.94. The Morgan fingerprint density at radius 1 is 1.20 bits per heavy atom. The van der Waals surface area contributed by atoms with Crippen LogP contribution in [0.1, 0.15) is 5.69 Å². The average Bonchev–Trinajstić information content (AvgIpc) is 2.60. The summed E-state index contributed by atoms with van der Waals surface area (Å²) in [5.41, 5.74) is 2.31. The molecule has 0 radical (unpaired) electrons. The number of pyridine rings is 1. The predicted octanol–water partition coefficient (Wildman–Crippen LogP) is 1.38. The van der Waals surface area contributed by atoms with Gasteiger partial charge in [0.25, 0.3) is 5.91 Å². The third kappa shape index (κ3) is 3.95. The number of amides is 3. The molecular formula is C18H16N4O3. The number of hydrogen-bond acceptors (Lipinski definition) is 4. The Hall–Kier alpha value is -3.35. The number of aliphatic imine (C=N–C) groups is 1. The molecule has 126 valence electrons. The Bertz CT molecular complexity index is 902. The summed E-state index contributed by atoms with van der Waals surface area (Å²) >= 11 is 0. The van der Waals surface area contributed by atoms with Crippen LogP contribution in [-0.2, 0) is 14.4 Å². The van der Waals surface area contributed by atoms with Gasteiger partial charge in [-0.2, -0.15) is 0 Å². The Labute approximate surface area is 143 Å². The lowest BCUT2D eigenvalue weighted by Crippen LogP contribution is -2.37. The molecule has 1 unspecified atom stereocenters. The summed E-state index contributed by atoms with van der Waals surface area (Å²) in [6.45, 7) is 1.72. The van der Waals surface area contributed by atoms with E-state index in [1.165, 1.54) is 18.4 Å². The minimum atomic E-state index is -0.643. The maximum atomic E-state index is 12.1. The van der Waals surface area contributed by atoms with Crippen LogP contribution >= 0.6 is 0 Å². The van der Waals surface area contributed by atoms with Gasteiger partial charge < -0.3 is 10.6 Å². The zero-order valence-corrected chi connectivity index (χ0v) is 13.5. The van der Waals surface area contributed by atoms with E-state index in [0.29, 0.717) is 5.69 Å². The van der Waals surface area contributed by atoms with Crippen molar-refractivity contribution in [3.05, 3.63) is 48.2 Å². The fourth-order valence-corrected chi connectivity index (χ4v) is 2.43. The quantitative estimate of drug-likeness (QED) is 0.881. The highest BCUT2D eigenvalue weighted by Gasteiger charge is 2.17. The highest BCUT2D eigenvalue weighted by Crippen LogP contribution is 2.22. The number of nitrogens with zero attached hydrogens (tertiary/aromatic N) is 2. The topological polar surface area (TPSA) is 101 Å². The van der Waals surface area contributed by atoms with E-state index in [4.69, 9.17) is 0 Å². The van der Waals surface area contributed by atoms with E-state index in [1.807, 2.05) is 31.2 Å². The fraction of sp³-hybridized carbons (Fsp3) is 0.167. The number of nitrogens with one attached hydrogen (secondary N) is 2. The lowest BCUT2D eigenvalue weighted by Gasteiger charge is -2.12. The first kappa shape index (κ1) is 16.5. The number of hydrogen-bond donors (Lipinski definition) is 2. The molecule has 0 bridgehead atoms. The molecule has 3 amide bonds. The predicted molar refractivity (Wildman–Crippen MR) is 94.2 cm³/mol. The van der Waals surface area contributed by atoms with E-state index in [-0.39, 0.29) is 12.5 Å². The number of anilines is 1. The first-order valence-corrected chi connectivity index (χ1v) is 7.73. The van der Waals surface area contributed by atoms with Gasteiger partial charge in [0.2, 0.25) is 11.8 Å². The molecule has 3 rings (SSSR count). The lowest BCUT2D eigenvalue weighted by molar-refractivity contribution is -0.124. The standard InChI is InChI=1S/C18H16N4O3/c1-11-5-7-13-14(21-11)3-2-4-15(13)22-17(24)10-20-18(25)12-6-8-16(23)19-9-12/h2-9,12H,10H2,1H3,(H,20,25)(H,22,24). The van der Waals surface area contributed by atoms with Gasteiger partial charge in [0.1, 0.15) is 0 Å². The molecule has 25 heavy (non-hydrogen) atoms. The number of aromatic nitrogens is 1. The monoisotopic (exact) mass is 336 g/mol. The molecule has 1 aliphatic rings. The number of fused-ring (bicyclic) bond motifs is 1. The number of rotatable bonds is 4. The molecule has 1 aromatic carbocycles. The Morgan fingerprint density at radius 2 is 2.04 bits per heavy atom. The van der Waals surface area contributed by atoms with Gasteiger partial charge in [0, 0.05) is 23.4 Å². The van der Waals surface area contributed by atoms with Gasteiger partial charge in [-0.3, -0.25) is 19.4 Å². The van der Waals surface area contributed by atoms with E-state index in [9.17, 15) is 14.4 Å². The molecule has 0 aliphatic carbocycles. The second-order valence-electron chi connectivity index (χ2n) is 5.59. The molecule has 1 aliphatic heterocycles. The van der Waals surface area contributed by atoms with E-state index >= 15 is 0 Å². The largest absolute Gasteiger partial charge is 0.346 e. The molecule has 0 saturated carbocycles. The van der Waals surface area contributed by atoms with Crippen molar-refractivity contribution in [1.82, 2.24) is 10.3 Å². The Morgan fingerprint density at radius 3 is 2.80 bits per heavy atom. The van der Waals surface area contributed by atoms with Gasteiger partial charge in [-0.05, 0) is 31.2 Å². The maximum Gasteiger partial charge on any atom is 0.269 e. The van der Waals surface area contributed by atoms with Crippen molar-refractivity contribution in [3.8, 4) is 0 Å². The first-order valence-electron chi connectivity index (χ1n) is 7.73. The molecule has 7 heteroatoms. The molecule has 2 aromatic rings. The van der Waals surface area contributed by atoms with E-state index < -0.39 is 17.7 Å². The van der Waals surface area contributed by atoms with Crippen molar-refractivity contribution in [2.24, 2.45) is 10.9 Å². The van der Waals surface area contributed by atoms with E-state index in [2.05, 4.69) is 20.6 Å². The average molecular weight is 336 g/mol. The molecule has 0 saturated heterocycles. The summed E-state index contributed by atoms with van der Waals surface area (Å²) < 4.78 is 0. The molecule has 2 heterocycles. The maximum absolute atomic E-state index is 12.1. The van der Waals surface area contributed by atoms with Crippen molar-refractivity contribution in [2.75, 3.05) is 11.9 Å². The minimum Gasteiger partial charge on any atom is -0.346 e. The van der Waals surface area contributed by atoms with Crippen LogP contribution in [0.2, 0.25) is 0 Å². The van der Waals surface area contributed by atoms with Crippen molar-refractivity contribution in [1.29, 1.82) is 0 Å². The van der Waals surface area contributed by atoms with Gasteiger partial charge >= 0.3 is 0 Å². The van der Waals surface area contributed by atoms with Crippen LogP contribution in [-0.4, -0.2) is 35.5 Å². The molecule has 7 nitrogen and oxygen atoms in total. The molecular weight excluding hydrogens is 320 g/mol. The van der Waals surface area contributed by atoms with Crippen molar-refractivity contribution < 1.29 is 14.4 Å². The second-order valence-corrected chi connectivity index (χ2v) is 5.59. The summed E-state index contributed by atoms with van der Waals surface area (Å²) in [4.78, 5) is 43.0. The minimum absolute atomic E-state index is 0.180. The number of carbonyl (C=O) groups is 3. The van der Waals surface area contributed by atoms with E-state index in [1.54, 1.807) is 6.07 Å². The summed E-state index contributed by atoms with van der Waals surface area (Å²) in [5, 5.41) is 6.12. The smallest absolute Gasteiger partial charge is 0.269 e. The lowest BCUT2D eigenvalue weighted by atomic mass is 10.1. The molecule has 0 spiro atoms. The number of dihydropyridines is 1. The van der Waals surface area contributed by atoms with Crippen LogP contribution < -0.4 is 10.6 Å². The third-order valence-electron chi connectivity index (χ3n) is 3.68. The molecule has 0 fully saturated rings. The Balaban J connectivity index is 1.62. The first-order chi connectivity index (χ1) is 12.0. The van der Waals surface area contributed by atoms with Gasteiger partial charge in [0.05, 0.1) is 23.7 Å². The molecule has 1 aromatic heterocycles. The normalized spacial score (nSPS) is 16.0. The summed E-state index contributed by atoms with van der Waals surface area (Å²) in [7, 11) is 0. The van der Waals surface area contributed by atoms with Crippen LogP contribution in [0.5, 0.6) is 0 Å². The van der Waals surface area contributed by atoms with Gasteiger partial charge in [-0.15, -0.1) is 0 Å². The van der Waals surface area contributed by atoms with Crippen molar-refractivity contribution in [2.45, 2.75) is 6.92 Å². The SMILES string of the molecule is Cc1ccc2c(NC(=O)CNC(=O)C3C=CC(=O)N=C3)cccc2n1. The number of benzene rings is 1. The van der Waals surface area contributed by atoms with Crippen LogP contribution in [0.25, 0.3) is 10.9 Å². The van der Waals surface area contributed by atoms with E-state index in [0.717, 1.165) is 16.6 Å². The number of aryl methyl sites for hydroxylation is 1. The van der Waals surface area contributed by atoms with Gasteiger partial charge in [-0.25, -0.2) is 4.99 Å². The second kappa shape index (κ2) is 7.04.